The minimum atomic E-state index is 0.600. The number of rotatable bonds is 2. The number of benzene rings is 2. The van der Waals surface area contributed by atoms with Gasteiger partial charge in [-0.05, 0) is 23.6 Å². The van der Waals surface area contributed by atoms with Gasteiger partial charge < -0.3 is 9.72 Å². The highest BCUT2D eigenvalue weighted by Gasteiger charge is 2.20. The molecule has 1 aliphatic heterocycles. The van der Waals surface area contributed by atoms with Crippen LogP contribution in [0.1, 0.15) is 23.6 Å². The van der Waals surface area contributed by atoms with Crippen LogP contribution >= 0.6 is 12.2 Å². The van der Waals surface area contributed by atoms with Crippen LogP contribution in [0.5, 0.6) is 11.6 Å². The quantitative estimate of drug-likeness (QED) is 0.524. The lowest BCUT2D eigenvalue weighted by Crippen LogP contribution is -2.07. The molecule has 0 atom stereocenters. The highest BCUT2D eigenvalue weighted by atomic mass is 32.1. The summed E-state index contributed by atoms with van der Waals surface area (Å²) in [6.07, 6.45) is 1.77. The van der Waals surface area contributed by atoms with Gasteiger partial charge in [0.1, 0.15) is 16.2 Å². The van der Waals surface area contributed by atoms with E-state index in [0.29, 0.717) is 10.5 Å². The van der Waals surface area contributed by atoms with Crippen molar-refractivity contribution in [1.29, 1.82) is 0 Å². The Hall–Kier alpha value is -2.46. The van der Waals surface area contributed by atoms with Gasteiger partial charge in [-0.25, -0.2) is 4.98 Å². The van der Waals surface area contributed by atoms with E-state index in [0.717, 1.165) is 41.1 Å². The van der Waals surface area contributed by atoms with Crippen molar-refractivity contribution in [2.45, 2.75) is 19.8 Å². The van der Waals surface area contributed by atoms with Gasteiger partial charge >= 0.3 is 0 Å². The maximum absolute atomic E-state index is 6.00. The zero-order valence-electron chi connectivity index (χ0n) is 12.8. The Balaban J connectivity index is 1.78. The molecule has 1 N–H and O–H groups in total. The molecule has 0 radical (unpaired) electrons. The Morgan fingerprint density at radius 3 is 2.70 bits per heavy atom. The van der Waals surface area contributed by atoms with E-state index in [1.807, 2.05) is 18.2 Å². The highest BCUT2D eigenvalue weighted by Crippen LogP contribution is 2.36. The predicted octanol–water partition coefficient (Wildman–Crippen LogP) is 5.07. The molecule has 23 heavy (non-hydrogen) atoms. The first-order valence-electron chi connectivity index (χ1n) is 7.73. The summed E-state index contributed by atoms with van der Waals surface area (Å²) in [7, 11) is 0. The Bertz CT molecular complexity index is 929. The molecule has 0 saturated heterocycles. The Kier molecular flexibility index (Phi) is 3.46. The summed E-state index contributed by atoms with van der Waals surface area (Å²) >= 11 is 5.49. The summed E-state index contributed by atoms with van der Waals surface area (Å²) in [6.45, 7) is 2.14. The van der Waals surface area contributed by atoms with Gasteiger partial charge in [-0.1, -0.05) is 61.6 Å². The molecular formula is C19H16N2OS. The fourth-order valence-electron chi connectivity index (χ4n) is 2.80. The number of nitrogens with zero attached hydrogens (tertiary/aromatic N) is 1. The van der Waals surface area contributed by atoms with E-state index >= 15 is 0 Å². The fraction of sp³-hybridized carbons (Fsp3) is 0.158. The summed E-state index contributed by atoms with van der Waals surface area (Å²) in [5.74, 6) is 2.33. The molecule has 0 spiro atoms. The van der Waals surface area contributed by atoms with Crippen molar-refractivity contribution >= 4 is 12.2 Å². The zero-order chi connectivity index (χ0) is 15.8. The topological polar surface area (TPSA) is 37.9 Å². The number of fused-ring (bicyclic) bond motifs is 2. The molecule has 1 aliphatic rings. The number of hydrogen-bond donors (Lipinski definition) is 1. The molecule has 3 aromatic rings. The Morgan fingerprint density at radius 2 is 1.91 bits per heavy atom. The van der Waals surface area contributed by atoms with Crippen LogP contribution in [0.3, 0.4) is 0 Å². The lowest BCUT2D eigenvalue weighted by atomic mass is 10.0. The standard InChI is InChI=1S/C19H16N2OS/c1-2-12-7-9-13(10-8-12)17-20-18-15(19(23)21-17)11-14-5-3-4-6-16(14)22-18/h3-10H,2,11H2,1H3,(H,20,21,23). The first-order valence-corrected chi connectivity index (χ1v) is 8.13. The molecule has 0 unspecified atom stereocenters. The van der Waals surface area contributed by atoms with Crippen LogP contribution in [0.15, 0.2) is 48.5 Å². The number of aromatic amines is 1. The van der Waals surface area contributed by atoms with Crippen LogP contribution in [0.2, 0.25) is 0 Å². The van der Waals surface area contributed by atoms with Crippen molar-refractivity contribution in [2.75, 3.05) is 0 Å². The second-order valence-corrected chi connectivity index (χ2v) is 6.02. The molecule has 0 amide bonds. The van der Waals surface area contributed by atoms with E-state index in [-0.39, 0.29) is 0 Å². The SMILES string of the molecule is CCc1ccc(-c2nc(=S)c3c([nH]2)Oc2ccccc2C3)cc1. The smallest absolute Gasteiger partial charge is 0.205 e. The van der Waals surface area contributed by atoms with Crippen LogP contribution in [0.4, 0.5) is 0 Å². The van der Waals surface area contributed by atoms with Gasteiger partial charge in [-0.2, -0.15) is 0 Å². The molecule has 1 aromatic heterocycles. The molecular weight excluding hydrogens is 304 g/mol. The van der Waals surface area contributed by atoms with E-state index in [4.69, 9.17) is 17.0 Å². The number of nitrogens with one attached hydrogen (secondary N) is 1. The third-order valence-electron chi connectivity index (χ3n) is 4.17. The second kappa shape index (κ2) is 5.63. The molecule has 3 nitrogen and oxygen atoms in total. The van der Waals surface area contributed by atoms with Gasteiger partial charge in [0.05, 0.1) is 5.56 Å². The van der Waals surface area contributed by atoms with Crippen LogP contribution in [-0.4, -0.2) is 9.97 Å². The molecule has 114 valence electrons. The average Bonchev–Trinajstić information content (AvgIpc) is 2.60. The number of hydrogen-bond acceptors (Lipinski definition) is 3. The van der Waals surface area contributed by atoms with E-state index in [9.17, 15) is 0 Å². The van der Waals surface area contributed by atoms with Crippen molar-refractivity contribution in [2.24, 2.45) is 0 Å². The van der Waals surface area contributed by atoms with Crippen LogP contribution in [0.25, 0.3) is 11.4 Å². The molecule has 0 aliphatic carbocycles. The Labute approximate surface area is 140 Å². The fourth-order valence-corrected chi connectivity index (χ4v) is 3.06. The van der Waals surface area contributed by atoms with E-state index in [2.05, 4.69) is 47.2 Å². The first-order chi connectivity index (χ1) is 11.2. The van der Waals surface area contributed by atoms with Crippen LogP contribution in [-0.2, 0) is 12.8 Å². The molecule has 2 heterocycles. The number of aromatic nitrogens is 2. The molecule has 0 saturated carbocycles. The molecule has 0 bridgehead atoms. The van der Waals surface area contributed by atoms with E-state index in [1.165, 1.54) is 5.56 Å². The first kappa shape index (κ1) is 14.2. The van der Waals surface area contributed by atoms with Gasteiger partial charge in [0.25, 0.3) is 0 Å². The number of aryl methyl sites for hydroxylation is 1. The summed E-state index contributed by atoms with van der Waals surface area (Å²) in [5.41, 5.74) is 4.41. The lowest BCUT2D eigenvalue weighted by Gasteiger charge is -2.20. The summed E-state index contributed by atoms with van der Waals surface area (Å²) in [5, 5.41) is 0. The largest absolute Gasteiger partial charge is 0.440 e. The highest BCUT2D eigenvalue weighted by molar-refractivity contribution is 7.71. The normalized spacial score (nSPS) is 12.2. The van der Waals surface area contributed by atoms with Gasteiger partial charge in [-0.15, -0.1) is 0 Å². The molecule has 4 rings (SSSR count). The van der Waals surface area contributed by atoms with Crippen molar-refractivity contribution in [3.8, 4) is 23.0 Å². The Morgan fingerprint density at radius 1 is 1.13 bits per heavy atom. The zero-order valence-corrected chi connectivity index (χ0v) is 13.6. The number of ether oxygens (including phenoxy) is 1. The van der Waals surface area contributed by atoms with Gasteiger partial charge in [0, 0.05) is 12.0 Å². The predicted molar refractivity (Wildman–Crippen MR) is 93.6 cm³/mol. The third kappa shape index (κ3) is 2.55. The monoisotopic (exact) mass is 320 g/mol. The van der Waals surface area contributed by atoms with E-state index < -0.39 is 0 Å². The average molecular weight is 320 g/mol. The van der Waals surface area contributed by atoms with Crippen molar-refractivity contribution in [1.82, 2.24) is 9.97 Å². The maximum atomic E-state index is 6.00. The van der Waals surface area contributed by atoms with Gasteiger partial charge in [0.2, 0.25) is 5.88 Å². The lowest BCUT2D eigenvalue weighted by molar-refractivity contribution is 0.439. The minimum Gasteiger partial charge on any atom is -0.440 e. The van der Waals surface area contributed by atoms with Gasteiger partial charge in [-0.3, -0.25) is 0 Å². The number of para-hydroxylation sites is 1. The molecule has 2 aromatic carbocycles. The van der Waals surface area contributed by atoms with Gasteiger partial charge in [0.15, 0.2) is 0 Å². The van der Waals surface area contributed by atoms with Crippen molar-refractivity contribution in [3.05, 3.63) is 69.9 Å². The third-order valence-corrected chi connectivity index (χ3v) is 4.50. The summed E-state index contributed by atoms with van der Waals surface area (Å²) in [6, 6.07) is 16.4. The number of H-pyrrole nitrogens is 1. The van der Waals surface area contributed by atoms with Crippen molar-refractivity contribution < 1.29 is 4.74 Å². The summed E-state index contributed by atoms with van der Waals surface area (Å²) < 4.78 is 6.60. The minimum absolute atomic E-state index is 0.600. The van der Waals surface area contributed by atoms with Crippen LogP contribution < -0.4 is 4.74 Å². The second-order valence-electron chi connectivity index (χ2n) is 5.64. The summed E-state index contributed by atoms with van der Waals surface area (Å²) in [4.78, 5) is 7.86. The van der Waals surface area contributed by atoms with E-state index in [1.54, 1.807) is 0 Å². The van der Waals surface area contributed by atoms with Crippen LogP contribution in [0, 0.1) is 4.64 Å². The molecule has 0 fully saturated rings. The van der Waals surface area contributed by atoms with Crippen molar-refractivity contribution in [3.63, 3.8) is 0 Å². The molecule has 4 heteroatoms. The maximum Gasteiger partial charge on any atom is 0.205 e.